The molecule has 12 nitrogen and oxygen atoms in total. The van der Waals surface area contributed by atoms with Gasteiger partial charge >= 0.3 is 0 Å². The molecule has 316 valence electrons. The van der Waals surface area contributed by atoms with Crippen LogP contribution in [-0.2, 0) is 16.0 Å². The minimum atomic E-state index is -0.816. The van der Waals surface area contributed by atoms with Crippen molar-refractivity contribution in [2.24, 2.45) is 0 Å². The van der Waals surface area contributed by atoms with Gasteiger partial charge in [0.05, 0.1) is 16.7 Å². The molecule has 12 heteroatoms. The molecule has 3 aromatic carbocycles. The lowest BCUT2D eigenvalue weighted by Crippen LogP contribution is -2.51. The zero-order valence-electron chi connectivity index (χ0n) is 34.5. The Hall–Kier alpha value is -5.91. The van der Waals surface area contributed by atoms with E-state index in [0.717, 1.165) is 69.4 Å². The smallest absolute Gasteiger partial charge is 0.264 e. The number of phenolic OH excluding ortho intramolecular Hbond substituents is 1. The van der Waals surface area contributed by atoms with Gasteiger partial charge in [0.25, 0.3) is 11.8 Å². The lowest BCUT2D eigenvalue weighted by Gasteiger charge is -2.35. The number of hydrogen-bond donors (Lipinski definition) is 4. The maximum absolute atomic E-state index is 13.3. The summed E-state index contributed by atoms with van der Waals surface area (Å²) in [4.78, 5) is 69.8. The Morgan fingerprint density at radius 2 is 1.55 bits per heavy atom. The molecule has 3 saturated heterocycles. The third-order valence-electron chi connectivity index (χ3n) is 12.3. The molecule has 0 saturated carbocycles. The molecule has 2 bridgehead atoms. The fourth-order valence-electron chi connectivity index (χ4n) is 9.03. The summed E-state index contributed by atoms with van der Waals surface area (Å²) in [6.45, 7) is 6.89. The van der Waals surface area contributed by atoms with Crippen molar-refractivity contribution >= 4 is 40.8 Å². The van der Waals surface area contributed by atoms with Gasteiger partial charge < -0.3 is 30.9 Å². The number of benzene rings is 3. The van der Waals surface area contributed by atoms with E-state index in [0.29, 0.717) is 72.5 Å². The molecule has 0 spiro atoms. The van der Waals surface area contributed by atoms with Crippen LogP contribution in [0, 0.1) is 0 Å². The number of carbonyl (C=O) groups is 5. The number of aromatic hydroxyl groups is 1. The maximum atomic E-state index is 13.3. The normalized spacial score (nSPS) is 19.7. The minimum Gasteiger partial charge on any atom is -0.507 e. The van der Waals surface area contributed by atoms with Crippen LogP contribution in [0.15, 0.2) is 91.3 Å². The number of para-hydroxylation sites is 1. The number of nitrogens with zero attached hydrogens (tertiary/aromatic N) is 3. The number of unbranched alkanes of at least 4 members (excludes halogenated alkanes) is 8. The summed E-state index contributed by atoms with van der Waals surface area (Å²) >= 11 is 0. The van der Waals surface area contributed by atoms with Crippen molar-refractivity contribution in [3.05, 3.63) is 114 Å². The van der Waals surface area contributed by atoms with Crippen molar-refractivity contribution in [2.75, 3.05) is 36.4 Å². The molecule has 3 fully saturated rings. The minimum absolute atomic E-state index is 0.00333. The van der Waals surface area contributed by atoms with Gasteiger partial charge in [0.1, 0.15) is 11.8 Å². The Kier molecular flexibility index (Phi) is 14.0. The van der Waals surface area contributed by atoms with Crippen LogP contribution in [0.1, 0.15) is 120 Å². The van der Waals surface area contributed by atoms with E-state index in [2.05, 4.69) is 56.6 Å². The summed E-state index contributed by atoms with van der Waals surface area (Å²) in [6.07, 6.45) is 16.5. The summed E-state index contributed by atoms with van der Waals surface area (Å²) in [5.74, 6) is -1.27. The Bertz CT molecular complexity index is 2100. The summed E-state index contributed by atoms with van der Waals surface area (Å²) in [6, 6.07) is 20.5. The highest BCUT2D eigenvalue weighted by Crippen LogP contribution is 2.36. The van der Waals surface area contributed by atoms with Gasteiger partial charge in [-0.15, -0.1) is 0 Å². The van der Waals surface area contributed by atoms with Crippen LogP contribution in [0.4, 0.5) is 11.4 Å². The van der Waals surface area contributed by atoms with Gasteiger partial charge in [0, 0.05) is 74.0 Å². The molecular formula is C48H58N6O6. The molecule has 3 aromatic rings. The molecule has 7 rings (SSSR count). The summed E-state index contributed by atoms with van der Waals surface area (Å²) in [5.41, 5.74) is 4.67. The topological polar surface area (TPSA) is 151 Å². The highest BCUT2D eigenvalue weighted by atomic mass is 16.3. The lowest BCUT2D eigenvalue weighted by atomic mass is 10.0. The molecule has 4 amide bonds. The molecule has 4 heterocycles. The SMILES string of the molecule is C=C1CCC(N2C(=O)c3cccc(NCCCCCCCCCCCC(=O)NCCc4ccc(N5C[C@@H]6C[C@H]5CN6/C=C/C(=O)c5ccccc5O)cc4)c3C2=O)C(=O)N1. The lowest BCUT2D eigenvalue weighted by molar-refractivity contribution is -0.125. The molecule has 4 aliphatic heterocycles. The zero-order valence-corrected chi connectivity index (χ0v) is 34.5. The van der Waals surface area contributed by atoms with E-state index in [4.69, 9.17) is 0 Å². The fourth-order valence-corrected chi connectivity index (χ4v) is 9.03. The summed E-state index contributed by atoms with van der Waals surface area (Å²) < 4.78 is 0. The first-order valence-electron chi connectivity index (χ1n) is 21.8. The monoisotopic (exact) mass is 814 g/mol. The highest BCUT2D eigenvalue weighted by Gasteiger charge is 2.45. The highest BCUT2D eigenvalue weighted by molar-refractivity contribution is 6.25. The van der Waals surface area contributed by atoms with E-state index in [1.165, 1.54) is 36.6 Å². The molecule has 0 aromatic heterocycles. The number of carbonyl (C=O) groups excluding carboxylic acids is 5. The van der Waals surface area contributed by atoms with Crippen LogP contribution in [0.3, 0.4) is 0 Å². The van der Waals surface area contributed by atoms with E-state index < -0.39 is 17.9 Å². The van der Waals surface area contributed by atoms with Gasteiger partial charge in [-0.1, -0.05) is 81.9 Å². The third kappa shape index (κ3) is 10.1. The average Bonchev–Trinajstić information content (AvgIpc) is 3.92. The van der Waals surface area contributed by atoms with E-state index in [-0.39, 0.29) is 23.3 Å². The molecule has 60 heavy (non-hydrogen) atoms. The van der Waals surface area contributed by atoms with Crippen molar-refractivity contribution < 1.29 is 29.1 Å². The van der Waals surface area contributed by atoms with Crippen LogP contribution in [0.2, 0.25) is 0 Å². The number of allylic oxidation sites excluding steroid dienone is 2. The summed E-state index contributed by atoms with van der Waals surface area (Å²) in [5, 5.41) is 19.1. The Labute approximate surface area is 353 Å². The van der Waals surface area contributed by atoms with Crippen LogP contribution in [0.25, 0.3) is 0 Å². The van der Waals surface area contributed by atoms with Crippen molar-refractivity contribution in [1.29, 1.82) is 0 Å². The van der Waals surface area contributed by atoms with E-state index in [1.54, 1.807) is 36.4 Å². The van der Waals surface area contributed by atoms with Crippen molar-refractivity contribution in [1.82, 2.24) is 20.4 Å². The summed E-state index contributed by atoms with van der Waals surface area (Å²) in [7, 11) is 0. The number of likely N-dealkylation sites (tertiary alicyclic amines) is 1. The number of piperidine rings is 1. The number of ketones is 1. The Morgan fingerprint density at radius 3 is 2.27 bits per heavy atom. The Balaban J connectivity index is 0.693. The second-order valence-corrected chi connectivity index (χ2v) is 16.6. The molecule has 0 radical (unpaired) electrons. The molecule has 4 N–H and O–H groups in total. The largest absolute Gasteiger partial charge is 0.507 e. The third-order valence-corrected chi connectivity index (χ3v) is 12.3. The Morgan fingerprint density at radius 1 is 0.817 bits per heavy atom. The number of hydrogen-bond acceptors (Lipinski definition) is 9. The second-order valence-electron chi connectivity index (χ2n) is 16.6. The van der Waals surface area contributed by atoms with Crippen LogP contribution < -0.4 is 20.9 Å². The van der Waals surface area contributed by atoms with Crippen molar-refractivity contribution in [3.63, 3.8) is 0 Å². The standard InChI is InChI=1S/C48H58N6O6/c1-33-19-24-41(46(58)51-33)54-47(59)39-15-13-16-40(45(39)48(54)60)49-27-12-8-6-4-2-3-5-7-9-18-44(57)50-28-25-34-20-22-35(23-21-34)53-32-36-30-37(53)31-52(36)29-26-43(56)38-14-10-11-17-42(38)55/h10-11,13-17,20-23,26,29,36-37,41,49,55H,1-9,12,18-19,24-25,27-28,30-32H2,(H,50,57)(H,51,58)/b29-26+/t36-,37-,41?/m0/s1. The maximum Gasteiger partial charge on any atom is 0.264 e. The number of rotatable bonds is 21. The van der Waals surface area contributed by atoms with E-state index in [1.807, 2.05) is 12.3 Å². The van der Waals surface area contributed by atoms with Gasteiger partial charge in [0.15, 0.2) is 5.78 Å². The predicted octanol–water partition coefficient (Wildman–Crippen LogP) is 7.11. The number of fused-ring (bicyclic) bond motifs is 3. The van der Waals surface area contributed by atoms with Gasteiger partial charge in [-0.25, -0.2) is 0 Å². The number of piperazine rings is 1. The number of nitrogens with one attached hydrogen (secondary N) is 3. The molecule has 4 aliphatic rings. The van der Waals surface area contributed by atoms with Crippen LogP contribution in [-0.4, -0.2) is 88.6 Å². The zero-order chi connectivity index (χ0) is 42.0. The van der Waals surface area contributed by atoms with Crippen molar-refractivity contribution in [2.45, 2.75) is 108 Å². The first-order chi connectivity index (χ1) is 29.2. The molecule has 1 unspecified atom stereocenters. The van der Waals surface area contributed by atoms with Gasteiger partial charge in [0.2, 0.25) is 11.8 Å². The first kappa shape index (κ1) is 42.2. The van der Waals surface area contributed by atoms with E-state index in [9.17, 15) is 29.1 Å². The molecular weight excluding hydrogens is 757 g/mol. The van der Waals surface area contributed by atoms with Gasteiger partial charge in [-0.3, -0.25) is 28.9 Å². The van der Waals surface area contributed by atoms with E-state index >= 15 is 0 Å². The molecule has 3 atom stereocenters. The number of anilines is 2. The fraction of sp³-hybridized carbons (Fsp3) is 0.438. The quantitative estimate of drug-likeness (QED) is 0.0382. The second kappa shape index (κ2) is 19.9. The number of imide groups is 1. The van der Waals surface area contributed by atoms with Gasteiger partial charge in [-0.05, 0) is 80.5 Å². The van der Waals surface area contributed by atoms with Crippen LogP contribution >= 0.6 is 0 Å². The predicted molar refractivity (Wildman–Crippen MR) is 233 cm³/mol. The first-order valence-corrected chi connectivity index (χ1v) is 21.8. The van der Waals surface area contributed by atoms with Crippen molar-refractivity contribution in [3.8, 4) is 5.75 Å². The number of phenols is 1. The number of amides is 4. The average molecular weight is 815 g/mol. The van der Waals surface area contributed by atoms with Crippen LogP contribution in [0.5, 0.6) is 5.75 Å². The molecule has 0 aliphatic carbocycles. The van der Waals surface area contributed by atoms with Gasteiger partial charge in [-0.2, -0.15) is 0 Å².